The fraction of sp³-hybridized carbons (Fsp3) is 0.588. The maximum atomic E-state index is 12.9. The van der Waals surface area contributed by atoms with Gasteiger partial charge in [-0.25, -0.2) is 0 Å². The van der Waals surface area contributed by atoms with Crippen LogP contribution in [0.2, 0.25) is 0 Å². The first-order valence-corrected chi connectivity index (χ1v) is 8.39. The second-order valence-corrected chi connectivity index (χ2v) is 6.95. The summed E-state index contributed by atoms with van der Waals surface area (Å²) in [5, 5.41) is 2.55. The van der Waals surface area contributed by atoms with Gasteiger partial charge in [-0.05, 0) is 31.5 Å². The van der Waals surface area contributed by atoms with Crippen LogP contribution < -0.4 is 5.32 Å². The number of fused-ring (bicyclic) bond motifs is 1. The van der Waals surface area contributed by atoms with Crippen molar-refractivity contribution in [3.63, 3.8) is 0 Å². The molecule has 27 heavy (non-hydrogen) atoms. The lowest BCUT2D eigenvalue weighted by Crippen LogP contribution is -2.45. The molecule has 2 aliphatic heterocycles. The molecule has 1 aromatic carbocycles. The maximum Gasteiger partial charge on any atom is 0.416 e. The number of nitrogens with zero attached hydrogens (tertiary/aromatic N) is 1. The summed E-state index contributed by atoms with van der Waals surface area (Å²) in [6.07, 6.45) is -9.41. The summed E-state index contributed by atoms with van der Waals surface area (Å²) < 4.78 is 83.1. The molecule has 0 aromatic heterocycles. The first kappa shape index (κ1) is 19.9. The minimum atomic E-state index is -4.99. The molecule has 3 atom stereocenters. The highest BCUT2D eigenvalue weighted by atomic mass is 19.4. The average molecular weight is 396 g/mol. The van der Waals surface area contributed by atoms with Gasteiger partial charge in [0, 0.05) is 30.7 Å². The standard InChI is InChI=1S/C17H18F6N2O2/c1-9-6-25-7-13(5-14(25)8-27-9)24-15(26)10-2-11(16(18,19)20)4-12(3-10)17(21,22)23/h2-4,9,13-14H,5-8H2,1H3,(H,24,26)/t9-,13+,14+/m1/s1. The van der Waals surface area contributed by atoms with Gasteiger partial charge in [0.1, 0.15) is 0 Å². The number of rotatable bonds is 2. The molecule has 2 aliphatic rings. The molecular formula is C17H18F6N2O2. The molecule has 2 fully saturated rings. The smallest absolute Gasteiger partial charge is 0.376 e. The van der Waals surface area contributed by atoms with E-state index in [-0.39, 0.29) is 24.3 Å². The van der Waals surface area contributed by atoms with Gasteiger partial charge in [-0.3, -0.25) is 9.69 Å². The molecule has 4 nitrogen and oxygen atoms in total. The van der Waals surface area contributed by atoms with E-state index in [4.69, 9.17) is 4.74 Å². The van der Waals surface area contributed by atoms with E-state index in [1.54, 1.807) is 0 Å². The first-order chi connectivity index (χ1) is 12.4. The van der Waals surface area contributed by atoms with Crippen LogP contribution in [0.4, 0.5) is 26.3 Å². The average Bonchev–Trinajstić information content (AvgIpc) is 2.94. The lowest BCUT2D eigenvalue weighted by Gasteiger charge is -2.33. The number of halogens is 6. The van der Waals surface area contributed by atoms with Crippen molar-refractivity contribution in [3.05, 3.63) is 34.9 Å². The Bertz CT molecular complexity index is 686. The van der Waals surface area contributed by atoms with Crippen molar-refractivity contribution in [2.45, 2.75) is 43.9 Å². The third kappa shape index (κ3) is 4.55. The highest BCUT2D eigenvalue weighted by Gasteiger charge is 2.39. The van der Waals surface area contributed by atoms with Gasteiger partial charge in [0.15, 0.2) is 0 Å². The number of carbonyl (C=O) groups excluding carboxylic acids is 1. The van der Waals surface area contributed by atoms with Crippen molar-refractivity contribution in [2.75, 3.05) is 19.7 Å². The van der Waals surface area contributed by atoms with E-state index in [9.17, 15) is 31.1 Å². The van der Waals surface area contributed by atoms with Gasteiger partial charge < -0.3 is 10.1 Å². The van der Waals surface area contributed by atoms with E-state index in [1.165, 1.54) is 0 Å². The number of nitrogens with one attached hydrogen (secondary N) is 1. The molecular weight excluding hydrogens is 378 g/mol. The third-order valence-electron chi connectivity index (χ3n) is 4.78. The molecule has 2 heterocycles. The Morgan fingerprint density at radius 3 is 2.22 bits per heavy atom. The minimum absolute atomic E-state index is 0.00530. The summed E-state index contributed by atoms with van der Waals surface area (Å²) >= 11 is 0. The lowest BCUT2D eigenvalue weighted by molar-refractivity contribution is -0.143. The van der Waals surface area contributed by atoms with E-state index < -0.39 is 35.0 Å². The number of morpholine rings is 1. The van der Waals surface area contributed by atoms with Gasteiger partial charge in [0.05, 0.1) is 23.8 Å². The lowest BCUT2D eigenvalue weighted by atomic mass is 10.0. The highest BCUT2D eigenvalue weighted by molar-refractivity contribution is 5.95. The van der Waals surface area contributed by atoms with Crippen molar-refractivity contribution in [2.24, 2.45) is 0 Å². The maximum absolute atomic E-state index is 12.9. The Balaban J connectivity index is 1.78. The summed E-state index contributed by atoms with van der Waals surface area (Å²) in [5.74, 6) is -0.953. The number of benzene rings is 1. The van der Waals surface area contributed by atoms with Crippen molar-refractivity contribution in [1.82, 2.24) is 10.2 Å². The SMILES string of the molecule is C[C@@H]1CN2C[C@@H](NC(=O)c3cc(C(F)(F)F)cc(C(F)(F)F)c3)C[C@H]2CO1. The van der Waals surface area contributed by atoms with Crippen LogP contribution in [-0.4, -0.2) is 48.7 Å². The molecule has 0 spiro atoms. The van der Waals surface area contributed by atoms with E-state index in [1.807, 2.05) is 6.92 Å². The van der Waals surface area contributed by atoms with Crippen LogP contribution >= 0.6 is 0 Å². The van der Waals surface area contributed by atoms with Crippen molar-refractivity contribution in [3.8, 4) is 0 Å². The molecule has 150 valence electrons. The molecule has 0 unspecified atom stereocenters. The number of carbonyl (C=O) groups is 1. The van der Waals surface area contributed by atoms with Gasteiger partial charge in [0.25, 0.3) is 5.91 Å². The fourth-order valence-corrected chi connectivity index (χ4v) is 3.50. The summed E-state index contributed by atoms with van der Waals surface area (Å²) in [6, 6.07) is 0.612. The topological polar surface area (TPSA) is 41.6 Å². The number of amides is 1. The van der Waals surface area contributed by atoms with Crippen LogP contribution in [0.3, 0.4) is 0 Å². The van der Waals surface area contributed by atoms with E-state index in [2.05, 4.69) is 10.2 Å². The molecule has 0 radical (unpaired) electrons. The molecule has 0 aliphatic carbocycles. The van der Waals surface area contributed by atoms with E-state index in [0.29, 0.717) is 38.2 Å². The quantitative estimate of drug-likeness (QED) is 0.780. The largest absolute Gasteiger partial charge is 0.416 e. The molecule has 1 amide bonds. The zero-order chi connectivity index (χ0) is 20.0. The Morgan fingerprint density at radius 1 is 1.07 bits per heavy atom. The predicted molar refractivity (Wildman–Crippen MR) is 83.1 cm³/mol. The van der Waals surface area contributed by atoms with Crippen LogP contribution in [0.15, 0.2) is 18.2 Å². The Labute approximate surface area is 151 Å². The number of ether oxygens (including phenoxy) is 1. The number of hydrogen-bond donors (Lipinski definition) is 1. The summed E-state index contributed by atoms with van der Waals surface area (Å²) in [6.45, 7) is 3.53. The minimum Gasteiger partial charge on any atom is -0.376 e. The van der Waals surface area contributed by atoms with Gasteiger partial charge in [-0.1, -0.05) is 0 Å². The Hall–Kier alpha value is -1.81. The summed E-state index contributed by atoms with van der Waals surface area (Å²) in [7, 11) is 0. The first-order valence-electron chi connectivity index (χ1n) is 8.39. The molecule has 1 N–H and O–H groups in total. The van der Waals surface area contributed by atoms with Crippen molar-refractivity contribution >= 4 is 5.91 Å². The monoisotopic (exact) mass is 396 g/mol. The number of alkyl halides is 6. The molecule has 2 saturated heterocycles. The third-order valence-corrected chi connectivity index (χ3v) is 4.78. The normalized spacial score (nSPS) is 26.7. The van der Waals surface area contributed by atoms with Crippen molar-refractivity contribution < 1.29 is 35.9 Å². The van der Waals surface area contributed by atoms with Gasteiger partial charge in [-0.2, -0.15) is 26.3 Å². The van der Waals surface area contributed by atoms with Gasteiger partial charge in [0.2, 0.25) is 0 Å². The van der Waals surface area contributed by atoms with Gasteiger partial charge in [-0.15, -0.1) is 0 Å². The molecule has 0 saturated carbocycles. The van der Waals surface area contributed by atoms with E-state index >= 15 is 0 Å². The predicted octanol–water partition coefficient (Wildman–Crippen LogP) is 3.32. The Kier molecular flexibility index (Phi) is 5.15. The molecule has 1 aromatic rings. The molecule has 0 bridgehead atoms. The van der Waals surface area contributed by atoms with Crippen LogP contribution in [0.5, 0.6) is 0 Å². The van der Waals surface area contributed by atoms with E-state index in [0.717, 1.165) is 0 Å². The second kappa shape index (κ2) is 6.97. The highest BCUT2D eigenvalue weighted by Crippen LogP contribution is 2.36. The van der Waals surface area contributed by atoms with Crippen LogP contribution in [0.1, 0.15) is 34.8 Å². The zero-order valence-electron chi connectivity index (χ0n) is 14.3. The molecule has 10 heteroatoms. The van der Waals surface area contributed by atoms with Crippen molar-refractivity contribution in [1.29, 1.82) is 0 Å². The molecule has 3 rings (SSSR count). The van der Waals surface area contributed by atoms with Crippen LogP contribution in [-0.2, 0) is 17.1 Å². The Morgan fingerprint density at radius 2 is 1.67 bits per heavy atom. The van der Waals surface area contributed by atoms with Gasteiger partial charge >= 0.3 is 12.4 Å². The zero-order valence-corrected chi connectivity index (χ0v) is 14.3. The fourth-order valence-electron chi connectivity index (χ4n) is 3.50. The summed E-state index contributed by atoms with van der Waals surface area (Å²) in [4.78, 5) is 14.4. The second-order valence-electron chi connectivity index (χ2n) is 6.95. The van der Waals surface area contributed by atoms with Crippen LogP contribution in [0, 0.1) is 0 Å². The summed E-state index contributed by atoms with van der Waals surface area (Å²) in [5.41, 5.74) is -3.67. The number of hydrogen-bond acceptors (Lipinski definition) is 3. The van der Waals surface area contributed by atoms with Crippen LogP contribution in [0.25, 0.3) is 0 Å².